The van der Waals surface area contributed by atoms with E-state index in [4.69, 9.17) is 4.74 Å². The third-order valence-corrected chi connectivity index (χ3v) is 3.93. The SMILES string of the molecule is COc1cc(F)ccc1-c1ccc(=O)n(CC(=O)NCc2ccccc2)n1. The van der Waals surface area contributed by atoms with E-state index in [1.807, 2.05) is 30.3 Å². The molecule has 0 spiro atoms. The van der Waals surface area contributed by atoms with E-state index in [-0.39, 0.29) is 12.5 Å². The smallest absolute Gasteiger partial charge is 0.267 e. The van der Waals surface area contributed by atoms with Gasteiger partial charge in [0.25, 0.3) is 5.56 Å². The molecule has 0 unspecified atom stereocenters. The maximum atomic E-state index is 13.4. The van der Waals surface area contributed by atoms with E-state index >= 15 is 0 Å². The molecule has 0 aliphatic heterocycles. The number of methoxy groups -OCH3 is 1. The lowest BCUT2D eigenvalue weighted by Gasteiger charge is -2.11. The molecule has 0 saturated heterocycles. The molecule has 2 aromatic carbocycles. The van der Waals surface area contributed by atoms with Crippen molar-refractivity contribution in [3.63, 3.8) is 0 Å². The fraction of sp³-hybridized carbons (Fsp3) is 0.150. The van der Waals surface area contributed by atoms with Crippen molar-refractivity contribution >= 4 is 5.91 Å². The van der Waals surface area contributed by atoms with Gasteiger partial charge in [-0.1, -0.05) is 30.3 Å². The van der Waals surface area contributed by atoms with E-state index < -0.39 is 11.4 Å². The number of carbonyl (C=O) groups excluding carboxylic acids is 1. The number of rotatable bonds is 6. The third-order valence-electron chi connectivity index (χ3n) is 3.93. The summed E-state index contributed by atoms with van der Waals surface area (Å²) in [6, 6.07) is 16.3. The summed E-state index contributed by atoms with van der Waals surface area (Å²) < 4.78 is 19.6. The van der Waals surface area contributed by atoms with Crippen LogP contribution in [-0.2, 0) is 17.9 Å². The minimum Gasteiger partial charge on any atom is -0.496 e. The molecular weight excluding hydrogens is 349 g/mol. The minimum atomic E-state index is -0.441. The standard InChI is InChI=1S/C20H18FN3O3/c1-27-18-11-15(21)7-8-16(18)17-9-10-20(26)24(23-17)13-19(25)22-12-14-5-3-2-4-6-14/h2-11H,12-13H2,1H3,(H,22,25). The average Bonchev–Trinajstić information content (AvgIpc) is 2.69. The molecule has 138 valence electrons. The highest BCUT2D eigenvalue weighted by Crippen LogP contribution is 2.28. The van der Waals surface area contributed by atoms with Crippen LogP contribution < -0.4 is 15.6 Å². The van der Waals surface area contributed by atoms with Crippen molar-refractivity contribution in [2.24, 2.45) is 0 Å². The van der Waals surface area contributed by atoms with Crippen molar-refractivity contribution in [3.8, 4) is 17.0 Å². The molecule has 3 aromatic rings. The summed E-state index contributed by atoms with van der Waals surface area (Å²) in [6.45, 7) is 0.142. The van der Waals surface area contributed by atoms with Gasteiger partial charge in [-0.15, -0.1) is 0 Å². The number of hydrogen-bond donors (Lipinski definition) is 1. The van der Waals surface area contributed by atoms with Crippen LogP contribution in [0.5, 0.6) is 5.75 Å². The number of benzene rings is 2. The molecule has 1 heterocycles. The van der Waals surface area contributed by atoms with Crippen molar-refractivity contribution in [2.75, 3.05) is 7.11 Å². The Morgan fingerprint density at radius 2 is 1.93 bits per heavy atom. The Kier molecular flexibility index (Phi) is 5.61. The quantitative estimate of drug-likeness (QED) is 0.726. The maximum absolute atomic E-state index is 13.4. The number of aromatic nitrogens is 2. The minimum absolute atomic E-state index is 0.219. The van der Waals surface area contributed by atoms with Gasteiger partial charge in [0, 0.05) is 24.2 Å². The van der Waals surface area contributed by atoms with Crippen molar-refractivity contribution in [2.45, 2.75) is 13.1 Å². The van der Waals surface area contributed by atoms with Crippen LogP contribution in [0.4, 0.5) is 4.39 Å². The van der Waals surface area contributed by atoms with Gasteiger partial charge in [-0.25, -0.2) is 9.07 Å². The predicted octanol–water partition coefficient (Wildman–Crippen LogP) is 2.37. The van der Waals surface area contributed by atoms with Gasteiger partial charge >= 0.3 is 0 Å². The average molecular weight is 367 g/mol. The molecule has 1 N–H and O–H groups in total. The highest BCUT2D eigenvalue weighted by Gasteiger charge is 2.12. The summed E-state index contributed by atoms with van der Waals surface area (Å²) >= 11 is 0. The van der Waals surface area contributed by atoms with E-state index in [2.05, 4.69) is 10.4 Å². The van der Waals surface area contributed by atoms with E-state index in [0.29, 0.717) is 23.6 Å². The zero-order chi connectivity index (χ0) is 19.2. The summed E-state index contributed by atoms with van der Waals surface area (Å²) in [4.78, 5) is 24.2. The largest absolute Gasteiger partial charge is 0.496 e. The normalized spacial score (nSPS) is 10.4. The fourth-order valence-corrected chi connectivity index (χ4v) is 2.57. The molecule has 0 aliphatic rings. The molecule has 0 fully saturated rings. The molecule has 0 radical (unpaired) electrons. The topological polar surface area (TPSA) is 73.2 Å². The molecule has 0 saturated carbocycles. The lowest BCUT2D eigenvalue weighted by atomic mass is 10.1. The van der Waals surface area contributed by atoms with Crippen LogP contribution >= 0.6 is 0 Å². The monoisotopic (exact) mass is 367 g/mol. The zero-order valence-corrected chi connectivity index (χ0v) is 14.7. The van der Waals surface area contributed by atoms with Gasteiger partial charge < -0.3 is 10.1 Å². The van der Waals surface area contributed by atoms with Crippen LogP contribution in [0, 0.1) is 5.82 Å². The second kappa shape index (κ2) is 8.27. The first-order chi connectivity index (χ1) is 13.1. The Hall–Kier alpha value is -3.48. The lowest BCUT2D eigenvalue weighted by Crippen LogP contribution is -2.33. The third kappa shape index (κ3) is 4.58. The summed E-state index contributed by atoms with van der Waals surface area (Å²) in [5, 5.41) is 6.97. The Bertz CT molecular complexity index is 1000. The van der Waals surface area contributed by atoms with Crippen LogP contribution in [0.15, 0.2) is 65.5 Å². The van der Waals surface area contributed by atoms with Crippen molar-refractivity contribution in [1.29, 1.82) is 0 Å². The molecule has 3 rings (SSSR count). The molecule has 27 heavy (non-hydrogen) atoms. The van der Waals surface area contributed by atoms with Gasteiger partial charge in [-0.2, -0.15) is 5.10 Å². The molecule has 1 aromatic heterocycles. The molecule has 0 aliphatic carbocycles. The van der Waals surface area contributed by atoms with E-state index in [1.165, 1.54) is 37.4 Å². The van der Waals surface area contributed by atoms with E-state index in [9.17, 15) is 14.0 Å². The van der Waals surface area contributed by atoms with Gasteiger partial charge in [0.15, 0.2) is 0 Å². The van der Waals surface area contributed by atoms with Crippen LogP contribution in [-0.4, -0.2) is 22.8 Å². The Morgan fingerprint density at radius 1 is 1.15 bits per heavy atom. The summed E-state index contributed by atoms with van der Waals surface area (Å²) in [5.41, 5.74) is 1.48. The van der Waals surface area contributed by atoms with Gasteiger partial charge in [-0.3, -0.25) is 9.59 Å². The number of amides is 1. The maximum Gasteiger partial charge on any atom is 0.267 e. The second-order valence-electron chi connectivity index (χ2n) is 5.82. The van der Waals surface area contributed by atoms with Crippen LogP contribution in [0.25, 0.3) is 11.3 Å². The van der Waals surface area contributed by atoms with Crippen LogP contribution in [0.1, 0.15) is 5.56 Å². The second-order valence-corrected chi connectivity index (χ2v) is 5.82. The molecule has 6 nitrogen and oxygen atoms in total. The predicted molar refractivity (Wildman–Crippen MR) is 98.7 cm³/mol. The molecule has 0 atom stereocenters. The summed E-state index contributed by atoms with van der Waals surface area (Å²) in [5.74, 6) is -0.484. The van der Waals surface area contributed by atoms with Crippen molar-refractivity contribution in [1.82, 2.24) is 15.1 Å². The van der Waals surface area contributed by atoms with E-state index in [1.54, 1.807) is 0 Å². The molecule has 0 bridgehead atoms. The Labute approximate surface area is 155 Å². The summed E-state index contributed by atoms with van der Waals surface area (Å²) in [7, 11) is 1.42. The highest BCUT2D eigenvalue weighted by molar-refractivity contribution is 5.75. The Morgan fingerprint density at radius 3 is 2.67 bits per heavy atom. The van der Waals surface area contributed by atoms with Crippen molar-refractivity contribution in [3.05, 3.63) is 82.4 Å². The lowest BCUT2D eigenvalue weighted by molar-refractivity contribution is -0.122. The first-order valence-corrected chi connectivity index (χ1v) is 8.29. The zero-order valence-electron chi connectivity index (χ0n) is 14.7. The van der Waals surface area contributed by atoms with Crippen LogP contribution in [0.3, 0.4) is 0 Å². The van der Waals surface area contributed by atoms with Gasteiger partial charge in [0.1, 0.15) is 18.1 Å². The van der Waals surface area contributed by atoms with Gasteiger partial charge in [0.05, 0.1) is 12.8 Å². The fourth-order valence-electron chi connectivity index (χ4n) is 2.57. The highest BCUT2D eigenvalue weighted by atomic mass is 19.1. The van der Waals surface area contributed by atoms with Gasteiger partial charge in [0.2, 0.25) is 5.91 Å². The number of hydrogen-bond acceptors (Lipinski definition) is 4. The number of carbonyl (C=O) groups is 1. The first-order valence-electron chi connectivity index (χ1n) is 8.29. The van der Waals surface area contributed by atoms with Gasteiger partial charge in [-0.05, 0) is 23.8 Å². The summed E-state index contributed by atoms with van der Waals surface area (Å²) in [6.07, 6.45) is 0. The molecule has 7 heteroatoms. The molecular formula is C20H18FN3O3. The number of nitrogens with zero attached hydrogens (tertiary/aromatic N) is 2. The number of nitrogens with one attached hydrogen (secondary N) is 1. The Balaban J connectivity index is 1.78. The number of ether oxygens (including phenoxy) is 1. The first kappa shape index (κ1) is 18.3. The number of halogens is 1. The van der Waals surface area contributed by atoms with Crippen LogP contribution in [0.2, 0.25) is 0 Å². The van der Waals surface area contributed by atoms with E-state index in [0.717, 1.165) is 10.2 Å². The molecule has 1 amide bonds. The van der Waals surface area contributed by atoms with Crippen molar-refractivity contribution < 1.29 is 13.9 Å².